The second kappa shape index (κ2) is 14.0. The smallest absolute Gasteiger partial charge is 0.238 e. The van der Waals surface area contributed by atoms with E-state index in [9.17, 15) is 30.0 Å². The van der Waals surface area contributed by atoms with Crippen LogP contribution in [0.1, 0.15) is 44.6 Å². The fraction of sp³-hybridized carbons (Fsp3) is 0.333. The summed E-state index contributed by atoms with van der Waals surface area (Å²) in [6.07, 6.45) is 3.58. The van der Waals surface area contributed by atoms with Gasteiger partial charge in [-0.15, -0.1) is 0 Å². The number of phenols is 1. The van der Waals surface area contributed by atoms with Gasteiger partial charge in [0.25, 0.3) is 0 Å². The highest BCUT2D eigenvalue weighted by Crippen LogP contribution is 2.47. The Morgan fingerprint density at radius 2 is 1.61 bits per heavy atom. The van der Waals surface area contributed by atoms with Gasteiger partial charge in [-0.3, -0.25) is 14.5 Å². The van der Waals surface area contributed by atoms with E-state index in [0.717, 1.165) is 29.8 Å². The van der Waals surface area contributed by atoms with Crippen LogP contribution in [0.2, 0.25) is 0 Å². The molecule has 2 aliphatic rings. The van der Waals surface area contributed by atoms with E-state index in [4.69, 9.17) is 0 Å². The predicted octanol–water partition coefficient (Wildman–Crippen LogP) is 5.57. The molecule has 0 unspecified atom stereocenters. The summed E-state index contributed by atoms with van der Waals surface area (Å²) in [6.45, 7) is 1.26. The van der Waals surface area contributed by atoms with Crippen LogP contribution >= 0.6 is 0 Å². The fourth-order valence-electron chi connectivity index (χ4n) is 6.64. The van der Waals surface area contributed by atoms with Crippen molar-refractivity contribution in [1.29, 1.82) is 0 Å². The number of anilines is 3. The molecule has 3 aromatic rings. The first kappa shape index (κ1) is 31.2. The second-order valence-electron chi connectivity index (χ2n) is 11.6. The van der Waals surface area contributed by atoms with Crippen LogP contribution in [-0.4, -0.2) is 51.6 Å². The van der Waals surface area contributed by atoms with Crippen molar-refractivity contribution in [3.8, 4) is 5.75 Å². The molecule has 3 aromatic carbocycles. The van der Waals surface area contributed by atoms with Crippen molar-refractivity contribution < 1.29 is 30.0 Å². The Bertz CT molecular complexity index is 1530. The van der Waals surface area contributed by atoms with Crippen LogP contribution in [0.15, 0.2) is 95.6 Å². The molecular formula is C36H40N2O6. The van der Waals surface area contributed by atoms with Gasteiger partial charge in [0.1, 0.15) is 5.75 Å². The van der Waals surface area contributed by atoms with Crippen molar-refractivity contribution in [3.05, 3.63) is 101 Å². The Morgan fingerprint density at radius 1 is 0.932 bits per heavy atom. The van der Waals surface area contributed by atoms with Crippen molar-refractivity contribution >= 4 is 35.0 Å². The minimum Gasteiger partial charge on any atom is -0.507 e. The summed E-state index contributed by atoms with van der Waals surface area (Å²) < 4.78 is 0. The number of benzene rings is 3. The zero-order valence-electron chi connectivity index (χ0n) is 24.9. The normalized spacial score (nSPS) is 21.0. The first-order chi connectivity index (χ1) is 21.4. The minimum absolute atomic E-state index is 0.147. The molecule has 0 saturated carbocycles. The lowest BCUT2D eigenvalue weighted by molar-refractivity contribution is -0.123. The zero-order chi connectivity index (χ0) is 31.2. The average molecular weight is 597 g/mol. The van der Waals surface area contributed by atoms with E-state index >= 15 is 0 Å². The number of hydrogen-bond donors (Lipinski definition) is 5. The van der Waals surface area contributed by atoms with Crippen LogP contribution in [0.25, 0.3) is 6.08 Å². The number of allylic oxidation sites excluding steroid dienone is 1. The number of carbonyl (C=O) groups excluding carboxylic acids is 2. The van der Waals surface area contributed by atoms with E-state index in [1.807, 2.05) is 48.5 Å². The molecule has 5 rings (SSSR count). The van der Waals surface area contributed by atoms with E-state index in [-0.39, 0.29) is 24.7 Å². The number of aromatic hydroxyl groups is 1. The lowest BCUT2D eigenvalue weighted by atomic mass is 9.68. The summed E-state index contributed by atoms with van der Waals surface area (Å²) in [5.41, 5.74) is 4.87. The van der Waals surface area contributed by atoms with Crippen LogP contribution in [0.5, 0.6) is 5.75 Å². The maximum Gasteiger partial charge on any atom is 0.238 e. The molecule has 1 saturated heterocycles. The number of nitrogens with zero attached hydrogens (tertiary/aromatic N) is 1. The SMILES string of the molecule is CCC/C(=C\c1ccccc1O)CC[C@@H](O)C1=C(CO)C[C@H]2C(=O)N(c3ccc(Nc4ccccc4)cc3)C(=O)[C@H]2[C@H]1CO. The minimum atomic E-state index is -1.01. The van der Waals surface area contributed by atoms with E-state index in [1.165, 1.54) is 4.90 Å². The van der Waals surface area contributed by atoms with Crippen molar-refractivity contribution in [3.63, 3.8) is 0 Å². The Balaban J connectivity index is 1.35. The van der Waals surface area contributed by atoms with E-state index in [0.29, 0.717) is 35.2 Å². The molecule has 8 nitrogen and oxygen atoms in total. The number of amides is 2. The number of hydrogen-bond acceptors (Lipinski definition) is 7. The number of rotatable bonds is 12. The van der Waals surface area contributed by atoms with Gasteiger partial charge in [0.05, 0.1) is 36.8 Å². The fourth-order valence-corrected chi connectivity index (χ4v) is 6.64. The number of aliphatic hydroxyl groups excluding tert-OH is 3. The summed E-state index contributed by atoms with van der Waals surface area (Å²) in [5.74, 6) is -2.93. The molecule has 1 fully saturated rings. The van der Waals surface area contributed by atoms with E-state index in [2.05, 4.69) is 12.2 Å². The average Bonchev–Trinajstić information content (AvgIpc) is 3.29. The summed E-state index contributed by atoms with van der Waals surface area (Å²) in [7, 11) is 0. The number of fused-ring (bicyclic) bond motifs is 1. The van der Waals surface area contributed by atoms with Gasteiger partial charge < -0.3 is 25.7 Å². The number of carbonyl (C=O) groups is 2. The lowest BCUT2D eigenvalue weighted by Gasteiger charge is -2.36. The van der Waals surface area contributed by atoms with Gasteiger partial charge in [0.2, 0.25) is 11.8 Å². The highest BCUT2D eigenvalue weighted by Gasteiger charge is 2.55. The molecule has 1 aliphatic carbocycles. The van der Waals surface area contributed by atoms with Gasteiger partial charge in [-0.1, -0.05) is 61.4 Å². The molecule has 1 heterocycles. The largest absolute Gasteiger partial charge is 0.507 e. The number of phenolic OH excluding ortho intramolecular Hbond substituents is 1. The quantitative estimate of drug-likeness (QED) is 0.137. The maximum absolute atomic E-state index is 13.8. The van der Waals surface area contributed by atoms with Crippen molar-refractivity contribution in [2.24, 2.45) is 17.8 Å². The van der Waals surface area contributed by atoms with Crippen LogP contribution < -0.4 is 10.2 Å². The lowest BCUT2D eigenvalue weighted by Crippen LogP contribution is -2.39. The van der Waals surface area contributed by atoms with Crippen molar-refractivity contribution in [2.45, 2.75) is 45.1 Å². The third-order valence-electron chi connectivity index (χ3n) is 8.73. The monoisotopic (exact) mass is 596 g/mol. The van der Waals surface area contributed by atoms with Gasteiger partial charge in [0.15, 0.2) is 0 Å². The van der Waals surface area contributed by atoms with Crippen LogP contribution in [-0.2, 0) is 9.59 Å². The molecular weight excluding hydrogens is 556 g/mol. The molecule has 4 atom stereocenters. The summed E-state index contributed by atoms with van der Waals surface area (Å²) in [6, 6.07) is 23.8. The number of aliphatic hydroxyl groups is 3. The van der Waals surface area contributed by atoms with E-state index < -0.39 is 36.4 Å². The van der Waals surface area contributed by atoms with Gasteiger partial charge >= 0.3 is 0 Å². The van der Waals surface area contributed by atoms with Crippen LogP contribution in [0.4, 0.5) is 17.1 Å². The molecule has 0 radical (unpaired) electrons. The Labute approximate surface area is 258 Å². The highest BCUT2D eigenvalue weighted by atomic mass is 16.3. The molecule has 230 valence electrons. The zero-order valence-corrected chi connectivity index (χ0v) is 24.9. The molecule has 2 amide bonds. The van der Waals surface area contributed by atoms with Crippen LogP contribution in [0, 0.1) is 17.8 Å². The van der Waals surface area contributed by atoms with Crippen molar-refractivity contribution in [1.82, 2.24) is 0 Å². The van der Waals surface area contributed by atoms with Crippen molar-refractivity contribution in [2.75, 3.05) is 23.4 Å². The Morgan fingerprint density at radius 3 is 2.27 bits per heavy atom. The third-order valence-corrected chi connectivity index (χ3v) is 8.73. The first-order valence-corrected chi connectivity index (χ1v) is 15.2. The Kier molecular flexibility index (Phi) is 9.95. The summed E-state index contributed by atoms with van der Waals surface area (Å²) in [4.78, 5) is 28.6. The van der Waals surface area contributed by atoms with Gasteiger partial charge in [0, 0.05) is 22.9 Å². The van der Waals surface area contributed by atoms with E-state index in [1.54, 1.807) is 36.4 Å². The highest BCUT2D eigenvalue weighted by molar-refractivity contribution is 6.22. The summed E-state index contributed by atoms with van der Waals surface area (Å²) in [5, 5.41) is 45.8. The maximum atomic E-state index is 13.8. The molecule has 44 heavy (non-hydrogen) atoms. The van der Waals surface area contributed by atoms with Gasteiger partial charge in [-0.2, -0.15) is 0 Å². The third kappa shape index (κ3) is 6.48. The van der Waals surface area contributed by atoms with Gasteiger partial charge in [-0.05, 0) is 79.3 Å². The number of para-hydroxylation sites is 2. The molecule has 8 heteroatoms. The first-order valence-electron chi connectivity index (χ1n) is 15.2. The second-order valence-corrected chi connectivity index (χ2v) is 11.6. The molecule has 5 N–H and O–H groups in total. The predicted molar refractivity (Wildman–Crippen MR) is 171 cm³/mol. The molecule has 0 aromatic heterocycles. The number of imide groups is 1. The number of nitrogens with one attached hydrogen (secondary N) is 1. The van der Waals surface area contributed by atoms with Crippen LogP contribution in [0.3, 0.4) is 0 Å². The Hall–Kier alpha value is -4.24. The molecule has 1 aliphatic heterocycles. The summed E-state index contributed by atoms with van der Waals surface area (Å²) >= 11 is 0. The standard InChI is InChI=1S/C36H40N2O6/c1-2-8-23(19-24-9-6-7-12-31(24)41)13-18-32(42)33-25(21-39)20-29-34(30(33)22-40)36(44)38(35(29)43)28-16-14-27(15-17-28)37-26-10-4-3-5-11-26/h3-7,9-12,14-17,19,29-30,32,34,37,39-42H,2,8,13,18,20-22H2,1H3/b23-19+/t29-,30+,32-,34-/m1/s1. The molecule has 0 bridgehead atoms. The topological polar surface area (TPSA) is 130 Å². The van der Waals surface area contributed by atoms with Gasteiger partial charge in [-0.25, -0.2) is 0 Å². The molecule has 0 spiro atoms.